The summed E-state index contributed by atoms with van der Waals surface area (Å²) >= 11 is 0. The first-order valence-corrected chi connectivity index (χ1v) is 7.02. The minimum atomic E-state index is 0.310. The third-order valence-electron chi connectivity index (χ3n) is 3.49. The molecule has 1 aliphatic rings. The molecule has 0 fully saturated rings. The maximum atomic E-state index is 5.53. The third-order valence-corrected chi connectivity index (χ3v) is 3.49. The topological polar surface area (TPSA) is 49.9 Å². The Hall–Kier alpha value is -2.07. The lowest BCUT2D eigenvalue weighted by molar-refractivity contribution is 0.122. The number of H-pyrrole nitrogens is 1. The summed E-state index contributed by atoms with van der Waals surface area (Å²) in [7, 11) is 0. The summed E-state index contributed by atoms with van der Waals surface area (Å²) in [5.41, 5.74) is 3.48. The number of hydrogen-bond donors (Lipinski definition) is 2. The summed E-state index contributed by atoms with van der Waals surface area (Å²) in [4.78, 5) is 0. The summed E-state index contributed by atoms with van der Waals surface area (Å²) in [6.07, 6.45) is 8.18. The van der Waals surface area contributed by atoms with Gasteiger partial charge in [0.25, 0.3) is 0 Å². The van der Waals surface area contributed by atoms with Crippen LogP contribution in [-0.2, 0) is 11.3 Å². The SMILES string of the molecule is C1=COC(CNCc2ccc(-c3ccn[nH]3)cc2)CC1. The Kier molecular flexibility index (Phi) is 4.13. The number of benzene rings is 1. The van der Waals surface area contributed by atoms with Crippen LogP contribution in [0.1, 0.15) is 18.4 Å². The molecule has 104 valence electrons. The molecule has 0 aliphatic carbocycles. The van der Waals surface area contributed by atoms with Gasteiger partial charge in [0.2, 0.25) is 0 Å². The first-order valence-electron chi connectivity index (χ1n) is 7.02. The van der Waals surface area contributed by atoms with E-state index < -0.39 is 0 Å². The van der Waals surface area contributed by atoms with Gasteiger partial charge in [-0.15, -0.1) is 0 Å². The second-order valence-electron chi connectivity index (χ2n) is 5.01. The Morgan fingerprint density at radius 2 is 2.15 bits per heavy atom. The first-order chi connectivity index (χ1) is 9.92. The summed E-state index contributed by atoms with van der Waals surface area (Å²) in [5, 5.41) is 10.4. The van der Waals surface area contributed by atoms with E-state index in [2.05, 4.69) is 45.9 Å². The molecule has 0 saturated carbocycles. The quantitative estimate of drug-likeness (QED) is 0.877. The molecule has 0 spiro atoms. The Morgan fingerprint density at radius 1 is 1.25 bits per heavy atom. The summed E-state index contributed by atoms with van der Waals surface area (Å²) in [5.74, 6) is 0. The number of allylic oxidation sites excluding steroid dienone is 1. The highest BCUT2D eigenvalue weighted by atomic mass is 16.5. The highest BCUT2D eigenvalue weighted by Gasteiger charge is 2.09. The van der Waals surface area contributed by atoms with Crippen molar-refractivity contribution in [2.75, 3.05) is 6.54 Å². The molecule has 0 radical (unpaired) electrons. The van der Waals surface area contributed by atoms with Crippen LogP contribution >= 0.6 is 0 Å². The van der Waals surface area contributed by atoms with Crippen molar-refractivity contribution < 1.29 is 4.74 Å². The van der Waals surface area contributed by atoms with Gasteiger partial charge >= 0.3 is 0 Å². The van der Waals surface area contributed by atoms with Crippen LogP contribution in [0.5, 0.6) is 0 Å². The molecule has 20 heavy (non-hydrogen) atoms. The summed E-state index contributed by atoms with van der Waals surface area (Å²) < 4.78 is 5.53. The molecule has 0 amide bonds. The predicted octanol–water partition coefficient (Wildman–Crippen LogP) is 2.86. The number of aromatic amines is 1. The molecule has 0 bridgehead atoms. The largest absolute Gasteiger partial charge is 0.497 e. The number of rotatable bonds is 5. The lowest BCUT2D eigenvalue weighted by Gasteiger charge is -2.19. The van der Waals surface area contributed by atoms with Crippen molar-refractivity contribution in [1.29, 1.82) is 0 Å². The fourth-order valence-corrected chi connectivity index (χ4v) is 2.33. The van der Waals surface area contributed by atoms with Gasteiger partial charge in [-0.3, -0.25) is 5.10 Å². The molecule has 2 aromatic rings. The predicted molar refractivity (Wildman–Crippen MR) is 79.0 cm³/mol. The second-order valence-corrected chi connectivity index (χ2v) is 5.01. The zero-order chi connectivity index (χ0) is 13.6. The van der Waals surface area contributed by atoms with Crippen LogP contribution in [0, 0.1) is 0 Å². The number of ether oxygens (including phenoxy) is 1. The Bertz CT molecular complexity index is 546. The van der Waals surface area contributed by atoms with Crippen molar-refractivity contribution >= 4 is 0 Å². The minimum absolute atomic E-state index is 0.310. The Labute approximate surface area is 118 Å². The molecule has 1 aliphatic heterocycles. The van der Waals surface area contributed by atoms with Crippen molar-refractivity contribution in [2.45, 2.75) is 25.5 Å². The van der Waals surface area contributed by atoms with Crippen LogP contribution in [0.3, 0.4) is 0 Å². The number of nitrogens with zero attached hydrogens (tertiary/aromatic N) is 1. The van der Waals surface area contributed by atoms with Crippen molar-refractivity contribution in [3.63, 3.8) is 0 Å². The van der Waals surface area contributed by atoms with E-state index in [1.165, 1.54) is 5.56 Å². The number of hydrogen-bond acceptors (Lipinski definition) is 3. The van der Waals surface area contributed by atoms with E-state index in [-0.39, 0.29) is 0 Å². The van der Waals surface area contributed by atoms with Crippen molar-refractivity contribution in [2.24, 2.45) is 0 Å². The van der Waals surface area contributed by atoms with Gasteiger partial charge in [-0.05, 0) is 36.1 Å². The van der Waals surface area contributed by atoms with E-state index in [1.807, 2.05) is 12.3 Å². The van der Waals surface area contributed by atoms with Gasteiger partial charge < -0.3 is 10.1 Å². The number of aromatic nitrogens is 2. The molecule has 4 heteroatoms. The molecule has 1 unspecified atom stereocenters. The van der Waals surface area contributed by atoms with Crippen molar-refractivity contribution in [3.8, 4) is 11.3 Å². The van der Waals surface area contributed by atoms with Gasteiger partial charge in [-0.2, -0.15) is 5.10 Å². The zero-order valence-corrected chi connectivity index (χ0v) is 11.4. The van der Waals surface area contributed by atoms with Gasteiger partial charge in [-0.1, -0.05) is 24.3 Å². The van der Waals surface area contributed by atoms with Gasteiger partial charge in [0.15, 0.2) is 0 Å². The van der Waals surface area contributed by atoms with Crippen molar-refractivity contribution in [3.05, 3.63) is 54.4 Å². The molecule has 0 saturated heterocycles. The molecular formula is C16H19N3O. The van der Waals surface area contributed by atoms with E-state index in [9.17, 15) is 0 Å². The average molecular weight is 269 g/mol. The highest BCUT2D eigenvalue weighted by molar-refractivity contribution is 5.58. The standard InChI is InChI=1S/C16H19N3O/c1-2-10-20-15(3-1)12-17-11-13-4-6-14(7-5-13)16-8-9-18-19-16/h2,4-10,15,17H,1,3,11-12H2,(H,18,19). The van der Waals surface area contributed by atoms with Crippen molar-refractivity contribution in [1.82, 2.24) is 15.5 Å². The van der Waals surface area contributed by atoms with Crippen LogP contribution in [0.15, 0.2) is 48.9 Å². The first kappa shape index (κ1) is 12.9. The van der Waals surface area contributed by atoms with E-state index in [4.69, 9.17) is 4.74 Å². The molecule has 4 nitrogen and oxygen atoms in total. The summed E-state index contributed by atoms with van der Waals surface area (Å²) in [6, 6.07) is 10.5. The maximum absolute atomic E-state index is 5.53. The third kappa shape index (κ3) is 3.27. The Balaban J connectivity index is 1.49. The normalized spacial score (nSPS) is 17.9. The van der Waals surface area contributed by atoms with Crippen LogP contribution in [0.2, 0.25) is 0 Å². The lowest BCUT2D eigenvalue weighted by Crippen LogP contribution is -2.28. The maximum Gasteiger partial charge on any atom is 0.110 e. The number of nitrogens with one attached hydrogen (secondary N) is 2. The van der Waals surface area contributed by atoms with Crippen LogP contribution in [0.4, 0.5) is 0 Å². The fraction of sp³-hybridized carbons (Fsp3) is 0.312. The van der Waals surface area contributed by atoms with E-state index in [1.54, 1.807) is 6.20 Å². The monoisotopic (exact) mass is 269 g/mol. The van der Waals surface area contributed by atoms with Crippen LogP contribution in [-0.4, -0.2) is 22.8 Å². The highest BCUT2D eigenvalue weighted by Crippen LogP contribution is 2.16. The molecule has 1 aromatic heterocycles. The summed E-state index contributed by atoms with van der Waals surface area (Å²) in [6.45, 7) is 1.76. The van der Waals surface area contributed by atoms with Gasteiger partial charge in [-0.25, -0.2) is 0 Å². The van der Waals surface area contributed by atoms with E-state index >= 15 is 0 Å². The second kappa shape index (κ2) is 6.39. The molecular weight excluding hydrogens is 250 g/mol. The van der Waals surface area contributed by atoms with Crippen LogP contribution in [0.25, 0.3) is 11.3 Å². The molecule has 3 rings (SSSR count). The molecule has 2 heterocycles. The van der Waals surface area contributed by atoms with Crippen LogP contribution < -0.4 is 5.32 Å². The van der Waals surface area contributed by atoms with Gasteiger partial charge in [0.05, 0.1) is 12.0 Å². The molecule has 2 N–H and O–H groups in total. The minimum Gasteiger partial charge on any atom is -0.497 e. The van der Waals surface area contributed by atoms with E-state index in [0.29, 0.717) is 6.10 Å². The smallest absolute Gasteiger partial charge is 0.110 e. The van der Waals surface area contributed by atoms with Gasteiger partial charge in [0, 0.05) is 19.3 Å². The van der Waals surface area contributed by atoms with E-state index in [0.717, 1.165) is 37.2 Å². The molecule has 1 atom stereocenters. The van der Waals surface area contributed by atoms with Gasteiger partial charge in [0.1, 0.15) is 6.10 Å². The Morgan fingerprint density at radius 3 is 2.85 bits per heavy atom. The zero-order valence-electron chi connectivity index (χ0n) is 11.4. The fourth-order valence-electron chi connectivity index (χ4n) is 2.33. The average Bonchev–Trinajstić information content (AvgIpc) is 3.03. The lowest BCUT2D eigenvalue weighted by atomic mass is 10.1. The molecule has 1 aromatic carbocycles.